The quantitative estimate of drug-likeness (QED) is 0.657. The van der Waals surface area contributed by atoms with Crippen LogP contribution >= 0.6 is 0 Å². The number of Topliss-reactive ketones (excluding diaryl/α,β-unsaturated/α-hetero) is 1. The number of carbonyl (C=O) groups is 2. The van der Waals surface area contributed by atoms with Gasteiger partial charge in [0.2, 0.25) is 0 Å². The predicted octanol–water partition coefficient (Wildman–Crippen LogP) is 1.53. The Morgan fingerprint density at radius 1 is 1.46 bits per heavy atom. The van der Waals surface area contributed by atoms with E-state index in [1.807, 2.05) is 0 Å². The van der Waals surface area contributed by atoms with Crippen LogP contribution in [0.4, 0.5) is 4.79 Å². The van der Waals surface area contributed by atoms with Gasteiger partial charge in [-0.2, -0.15) is 0 Å². The van der Waals surface area contributed by atoms with E-state index in [0.29, 0.717) is 24.1 Å². The van der Waals surface area contributed by atoms with Crippen molar-refractivity contribution in [1.29, 1.82) is 0 Å². The van der Waals surface area contributed by atoms with Gasteiger partial charge in [0.25, 0.3) is 0 Å². The third-order valence-corrected chi connectivity index (χ3v) is 2.32. The van der Waals surface area contributed by atoms with Crippen molar-refractivity contribution in [3.63, 3.8) is 0 Å². The number of carbonyl (C=O) groups excluding carboxylic acids is 1. The lowest BCUT2D eigenvalue weighted by Crippen LogP contribution is -2.16. The Kier molecular flexibility index (Phi) is 1.69. The lowest BCUT2D eigenvalue weighted by atomic mass is 9.97. The average molecular weight is 179 g/mol. The van der Waals surface area contributed by atoms with Gasteiger partial charge in [-0.05, 0) is 18.9 Å². The van der Waals surface area contributed by atoms with Crippen molar-refractivity contribution >= 4 is 11.9 Å². The number of rotatable bonds is 0. The van der Waals surface area contributed by atoms with Crippen LogP contribution in [0.3, 0.4) is 0 Å². The summed E-state index contributed by atoms with van der Waals surface area (Å²) in [5.74, 6) is 0.0567. The number of carboxylic acid groups (broad SMARTS) is 1. The Bertz CT molecular complexity index is 365. The first kappa shape index (κ1) is 8.04. The van der Waals surface area contributed by atoms with Gasteiger partial charge in [-0.25, -0.2) is 4.79 Å². The molecule has 0 fully saturated rings. The van der Waals surface area contributed by atoms with Crippen LogP contribution in [-0.4, -0.2) is 21.6 Å². The molecule has 1 heterocycles. The number of aromatic nitrogens is 1. The zero-order valence-electron chi connectivity index (χ0n) is 6.99. The maximum atomic E-state index is 11.3. The van der Waals surface area contributed by atoms with Crippen molar-refractivity contribution < 1.29 is 14.7 Å². The highest BCUT2D eigenvalue weighted by Crippen LogP contribution is 2.21. The highest BCUT2D eigenvalue weighted by molar-refractivity contribution is 5.99. The summed E-state index contributed by atoms with van der Waals surface area (Å²) in [5.41, 5.74) is 1.22. The van der Waals surface area contributed by atoms with Crippen molar-refractivity contribution in [3.05, 3.63) is 23.5 Å². The van der Waals surface area contributed by atoms with Crippen LogP contribution in [0.2, 0.25) is 0 Å². The lowest BCUT2D eigenvalue weighted by Gasteiger charge is -2.11. The van der Waals surface area contributed by atoms with Crippen LogP contribution in [0.5, 0.6) is 0 Å². The van der Waals surface area contributed by atoms with Gasteiger partial charge in [0.05, 0.1) is 0 Å². The molecule has 0 aromatic carbocycles. The van der Waals surface area contributed by atoms with Gasteiger partial charge in [0, 0.05) is 23.9 Å². The summed E-state index contributed by atoms with van der Waals surface area (Å²) in [5, 5.41) is 8.77. The van der Waals surface area contributed by atoms with Crippen LogP contribution in [0.25, 0.3) is 0 Å². The SMILES string of the molecule is O=C1CCCc2c1ccn2C(=O)O. The summed E-state index contributed by atoms with van der Waals surface area (Å²) in [6.07, 6.45) is 2.40. The Balaban J connectivity index is 2.53. The molecule has 4 nitrogen and oxygen atoms in total. The Morgan fingerprint density at radius 2 is 2.23 bits per heavy atom. The summed E-state index contributed by atoms with van der Waals surface area (Å²) in [7, 11) is 0. The Morgan fingerprint density at radius 3 is 2.92 bits per heavy atom. The van der Waals surface area contributed by atoms with E-state index in [4.69, 9.17) is 5.11 Å². The van der Waals surface area contributed by atoms with Crippen molar-refractivity contribution in [2.75, 3.05) is 0 Å². The van der Waals surface area contributed by atoms with E-state index in [-0.39, 0.29) is 5.78 Å². The molecule has 0 atom stereocenters. The molecule has 0 unspecified atom stereocenters. The minimum atomic E-state index is -1.02. The van der Waals surface area contributed by atoms with Crippen molar-refractivity contribution in [2.45, 2.75) is 19.3 Å². The standard InChI is InChI=1S/C9H9NO3/c11-8-3-1-2-7-6(8)4-5-10(7)9(12)13/h4-5H,1-3H2,(H,12,13). The fourth-order valence-corrected chi connectivity index (χ4v) is 1.70. The third-order valence-electron chi connectivity index (χ3n) is 2.32. The predicted molar refractivity (Wildman–Crippen MR) is 45.1 cm³/mol. The summed E-state index contributed by atoms with van der Waals surface area (Å²) >= 11 is 0. The number of hydrogen-bond acceptors (Lipinski definition) is 2. The van der Waals surface area contributed by atoms with E-state index in [9.17, 15) is 9.59 Å². The highest BCUT2D eigenvalue weighted by Gasteiger charge is 2.22. The molecule has 0 spiro atoms. The van der Waals surface area contributed by atoms with Gasteiger partial charge in [-0.3, -0.25) is 9.36 Å². The van der Waals surface area contributed by atoms with E-state index in [1.165, 1.54) is 6.20 Å². The maximum absolute atomic E-state index is 11.3. The smallest absolute Gasteiger partial charge is 0.415 e. The van der Waals surface area contributed by atoms with E-state index in [1.54, 1.807) is 6.07 Å². The summed E-state index contributed by atoms with van der Waals surface area (Å²) in [4.78, 5) is 22.0. The molecule has 0 aliphatic heterocycles. The first-order chi connectivity index (χ1) is 6.20. The molecule has 0 saturated heterocycles. The summed E-state index contributed by atoms with van der Waals surface area (Å²) in [6, 6.07) is 1.59. The van der Waals surface area contributed by atoms with Crippen LogP contribution < -0.4 is 0 Å². The van der Waals surface area contributed by atoms with Gasteiger partial charge >= 0.3 is 6.09 Å². The van der Waals surface area contributed by atoms with E-state index < -0.39 is 6.09 Å². The first-order valence-electron chi connectivity index (χ1n) is 4.17. The second kappa shape index (κ2) is 2.73. The van der Waals surface area contributed by atoms with E-state index in [2.05, 4.69) is 0 Å². The molecule has 1 aliphatic rings. The van der Waals surface area contributed by atoms with Crippen LogP contribution in [0.15, 0.2) is 12.3 Å². The molecular weight excluding hydrogens is 170 g/mol. The minimum Gasteiger partial charge on any atom is -0.464 e. The molecule has 1 aromatic heterocycles. The van der Waals surface area contributed by atoms with Crippen LogP contribution in [-0.2, 0) is 6.42 Å². The van der Waals surface area contributed by atoms with Gasteiger partial charge < -0.3 is 5.11 Å². The molecule has 1 aromatic rings. The number of hydrogen-bond donors (Lipinski definition) is 1. The normalized spacial score (nSPS) is 15.5. The van der Waals surface area contributed by atoms with Crippen LogP contribution in [0.1, 0.15) is 28.9 Å². The molecule has 0 amide bonds. The molecule has 0 radical (unpaired) electrons. The molecule has 13 heavy (non-hydrogen) atoms. The average Bonchev–Trinajstić information content (AvgIpc) is 2.48. The number of fused-ring (bicyclic) bond motifs is 1. The van der Waals surface area contributed by atoms with Gasteiger partial charge in [-0.1, -0.05) is 0 Å². The van der Waals surface area contributed by atoms with Crippen molar-refractivity contribution in [2.24, 2.45) is 0 Å². The molecule has 1 aliphatic carbocycles. The van der Waals surface area contributed by atoms with Crippen molar-refractivity contribution in [3.8, 4) is 0 Å². The highest BCUT2D eigenvalue weighted by atomic mass is 16.4. The van der Waals surface area contributed by atoms with E-state index >= 15 is 0 Å². The fourth-order valence-electron chi connectivity index (χ4n) is 1.70. The topological polar surface area (TPSA) is 59.3 Å². The van der Waals surface area contributed by atoms with Crippen LogP contribution in [0, 0.1) is 0 Å². The number of ketones is 1. The molecule has 0 bridgehead atoms. The largest absolute Gasteiger partial charge is 0.464 e. The van der Waals surface area contributed by atoms with E-state index in [0.717, 1.165) is 11.0 Å². The van der Waals surface area contributed by atoms with Gasteiger partial charge in [0.15, 0.2) is 5.78 Å². The molecule has 0 saturated carbocycles. The van der Waals surface area contributed by atoms with Crippen molar-refractivity contribution in [1.82, 2.24) is 4.57 Å². The third kappa shape index (κ3) is 1.14. The van der Waals surface area contributed by atoms with Gasteiger partial charge in [0.1, 0.15) is 0 Å². The minimum absolute atomic E-state index is 0.0567. The fraction of sp³-hybridized carbons (Fsp3) is 0.333. The monoisotopic (exact) mass is 179 g/mol. The maximum Gasteiger partial charge on any atom is 0.415 e. The Hall–Kier alpha value is -1.58. The molecule has 1 N–H and O–H groups in total. The number of nitrogens with zero attached hydrogens (tertiary/aromatic N) is 1. The zero-order chi connectivity index (χ0) is 9.42. The molecular formula is C9H9NO3. The summed E-state index contributed by atoms with van der Waals surface area (Å²) < 4.78 is 1.13. The lowest BCUT2D eigenvalue weighted by molar-refractivity contribution is 0.0972. The molecule has 2 rings (SSSR count). The Labute approximate surface area is 74.8 Å². The molecule has 68 valence electrons. The molecule has 4 heteroatoms. The zero-order valence-corrected chi connectivity index (χ0v) is 6.99. The first-order valence-corrected chi connectivity index (χ1v) is 4.17. The second-order valence-corrected chi connectivity index (χ2v) is 3.11. The summed E-state index contributed by atoms with van der Waals surface area (Å²) in [6.45, 7) is 0. The second-order valence-electron chi connectivity index (χ2n) is 3.11. The van der Waals surface area contributed by atoms with Gasteiger partial charge in [-0.15, -0.1) is 0 Å².